The summed E-state index contributed by atoms with van der Waals surface area (Å²) in [5.74, 6) is 2.39. The van der Waals surface area contributed by atoms with Crippen LogP contribution in [0.15, 0.2) is 24.4 Å². The quantitative estimate of drug-likeness (QED) is 0.881. The van der Waals surface area contributed by atoms with E-state index in [0.29, 0.717) is 17.9 Å². The highest BCUT2D eigenvalue weighted by Crippen LogP contribution is 2.44. The Morgan fingerprint density at radius 1 is 1.35 bits per heavy atom. The maximum Gasteiger partial charge on any atom is 0.228 e. The van der Waals surface area contributed by atoms with Gasteiger partial charge in [0.1, 0.15) is 5.82 Å². The average Bonchev–Trinajstić information content (AvgIpc) is 3.43. The van der Waals surface area contributed by atoms with Gasteiger partial charge in [0.25, 0.3) is 0 Å². The molecule has 5 nitrogen and oxygen atoms in total. The number of nitrogens with zero attached hydrogens (tertiary/aromatic N) is 3. The molecule has 5 heteroatoms. The Hall–Kier alpha value is -1.62. The van der Waals surface area contributed by atoms with Gasteiger partial charge < -0.3 is 15.1 Å². The summed E-state index contributed by atoms with van der Waals surface area (Å²) in [5, 5.41) is 3.32. The number of hydrogen-bond donors (Lipinski definition) is 1. The molecule has 3 heterocycles. The summed E-state index contributed by atoms with van der Waals surface area (Å²) in [7, 11) is 0. The van der Waals surface area contributed by atoms with Gasteiger partial charge in [0.2, 0.25) is 5.91 Å². The van der Waals surface area contributed by atoms with Gasteiger partial charge in [-0.05, 0) is 64.1 Å². The molecule has 2 aliphatic heterocycles. The fourth-order valence-electron chi connectivity index (χ4n) is 4.75. The molecule has 3 aliphatic rings. The standard InChI is InChI=1S/C21H32N4O/c1-16(2)24-11-5-9-21(20(26)23-12-17-7-8-17)15-25(14-18(21)13-24)19-6-3-4-10-22-19/h3-4,6,10,16-18H,5,7-9,11-15H2,1-2H3,(H,23,26)/t18-,21+/m0/s1. The second kappa shape index (κ2) is 7.18. The molecule has 0 radical (unpaired) electrons. The van der Waals surface area contributed by atoms with Crippen LogP contribution in [0.3, 0.4) is 0 Å². The van der Waals surface area contributed by atoms with E-state index in [2.05, 4.69) is 40.0 Å². The monoisotopic (exact) mass is 356 g/mol. The van der Waals surface area contributed by atoms with Crippen molar-refractivity contribution >= 4 is 11.7 Å². The van der Waals surface area contributed by atoms with Gasteiger partial charge in [-0.25, -0.2) is 4.98 Å². The number of aromatic nitrogens is 1. The van der Waals surface area contributed by atoms with Crippen molar-refractivity contribution in [2.45, 2.75) is 45.6 Å². The molecule has 0 bridgehead atoms. The van der Waals surface area contributed by atoms with Crippen LogP contribution in [0.4, 0.5) is 5.82 Å². The molecule has 0 unspecified atom stereocenters. The van der Waals surface area contributed by atoms with Crippen LogP contribution in [0.1, 0.15) is 39.5 Å². The highest BCUT2D eigenvalue weighted by atomic mass is 16.2. The molecule has 4 rings (SSSR count). The molecule has 3 fully saturated rings. The molecular formula is C21H32N4O. The van der Waals surface area contributed by atoms with Crippen LogP contribution in [0, 0.1) is 17.3 Å². The summed E-state index contributed by atoms with van der Waals surface area (Å²) in [4.78, 5) is 22.8. The number of amides is 1. The van der Waals surface area contributed by atoms with Crippen LogP contribution in [0.2, 0.25) is 0 Å². The predicted molar refractivity (Wildman–Crippen MR) is 104 cm³/mol. The van der Waals surface area contributed by atoms with Crippen molar-refractivity contribution in [2.24, 2.45) is 17.3 Å². The topological polar surface area (TPSA) is 48.5 Å². The molecule has 1 amide bonds. The molecule has 2 saturated heterocycles. The molecule has 1 N–H and O–H groups in total. The van der Waals surface area contributed by atoms with Gasteiger partial charge in [-0.15, -0.1) is 0 Å². The molecule has 1 aliphatic carbocycles. The summed E-state index contributed by atoms with van der Waals surface area (Å²) < 4.78 is 0. The van der Waals surface area contributed by atoms with E-state index in [9.17, 15) is 4.79 Å². The fraction of sp³-hybridized carbons (Fsp3) is 0.714. The van der Waals surface area contributed by atoms with E-state index in [-0.39, 0.29) is 5.41 Å². The Kier molecular flexibility index (Phi) is 4.91. The van der Waals surface area contributed by atoms with Gasteiger partial charge in [-0.1, -0.05) is 6.07 Å². The number of likely N-dealkylation sites (tertiary alicyclic amines) is 1. The number of pyridine rings is 1. The molecule has 0 spiro atoms. The number of hydrogen-bond acceptors (Lipinski definition) is 4. The second-order valence-electron chi connectivity index (χ2n) is 8.77. The van der Waals surface area contributed by atoms with Crippen LogP contribution < -0.4 is 10.2 Å². The third-order valence-electron chi connectivity index (χ3n) is 6.62. The Morgan fingerprint density at radius 3 is 2.88 bits per heavy atom. The van der Waals surface area contributed by atoms with Crippen LogP contribution in [0.5, 0.6) is 0 Å². The van der Waals surface area contributed by atoms with E-state index in [4.69, 9.17) is 0 Å². The van der Waals surface area contributed by atoms with E-state index in [1.54, 1.807) is 0 Å². The Labute approximate surface area is 157 Å². The van der Waals surface area contributed by atoms with Crippen molar-refractivity contribution in [3.05, 3.63) is 24.4 Å². The zero-order valence-electron chi connectivity index (χ0n) is 16.2. The van der Waals surface area contributed by atoms with Crippen LogP contribution in [0.25, 0.3) is 0 Å². The third-order valence-corrected chi connectivity index (χ3v) is 6.62. The minimum absolute atomic E-state index is 0.268. The molecule has 2 atom stereocenters. The van der Waals surface area contributed by atoms with Gasteiger partial charge in [0, 0.05) is 44.3 Å². The first-order valence-corrected chi connectivity index (χ1v) is 10.3. The summed E-state index contributed by atoms with van der Waals surface area (Å²) in [6.07, 6.45) is 6.49. The van der Waals surface area contributed by atoms with E-state index in [1.165, 1.54) is 12.8 Å². The largest absolute Gasteiger partial charge is 0.355 e. The summed E-state index contributed by atoms with van der Waals surface area (Å²) >= 11 is 0. The van der Waals surface area contributed by atoms with Crippen LogP contribution >= 0.6 is 0 Å². The normalized spacial score (nSPS) is 29.5. The van der Waals surface area contributed by atoms with Crippen molar-refractivity contribution in [1.29, 1.82) is 0 Å². The van der Waals surface area contributed by atoms with Crippen molar-refractivity contribution in [3.8, 4) is 0 Å². The first kappa shape index (κ1) is 17.8. The number of rotatable bonds is 5. The van der Waals surface area contributed by atoms with E-state index in [1.807, 2.05) is 18.3 Å². The highest BCUT2D eigenvalue weighted by molar-refractivity contribution is 5.84. The Bertz CT molecular complexity index is 630. The summed E-state index contributed by atoms with van der Waals surface area (Å²) in [5.41, 5.74) is -0.268. The first-order valence-electron chi connectivity index (χ1n) is 10.3. The van der Waals surface area contributed by atoms with Gasteiger partial charge >= 0.3 is 0 Å². The highest BCUT2D eigenvalue weighted by Gasteiger charge is 2.53. The zero-order valence-corrected chi connectivity index (χ0v) is 16.2. The maximum atomic E-state index is 13.4. The fourth-order valence-corrected chi connectivity index (χ4v) is 4.75. The molecule has 26 heavy (non-hydrogen) atoms. The number of anilines is 1. The van der Waals surface area contributed by atoms with E-state index < -0.39 is 0 Å². The lowest BCUT2D eigenvalue weighted by Crippen LogP contribution is -2.48. The number of carbonyl (C=O) groups is 1. The van der Waals surface area contributed by atoms with Gasteiger partial charge in [0.15, 0.2) is 0 Å². The molecule has 1 aromatic heterocycles. The lowest BCUT2D eigenvalue weighted by Gasteiger charge is -2.33. The smallest absolute Gasteiger partial charge is 0.228 e. The van der Waals surface area contributed by atoms with E-state index in [0.717, 1.165) is 57.3 Å². The Morgan fingerprint density at radius 2 is 2.19 bits per heavy atom. The number of nitrogens with one attached hydrogen (secondary N) is 1. The summed E-state index contributed by atoms with van der Waals surface area (Å²) in [6.45, 7) is 9.25. The van der Waals surface area contributed by atoms with Gasteiger partial charge in [-0.2, -0.15) is 0 Å². The number of fused-ring (bicyclic) bond motifs is 1. The second-order valence-corrected chi connectivity index (χ2v) is 8.77. The molecule has 0 aromatic carbocycles. The van der Waals surface area contributed by atoms with Crippen LogP contribution in [-0.4, -0.2) is 54.6 Å². The van der Waals surface area contributed by atoms with Gasteiger partial charge in [0.05, 0.1) is 5.41 Å². The summed E-state index contributed by atoms with van der Waals surface area (Å²) in [6, 6.07) is 6.60. The van der Waals surface area contributed by atoms with E-state index >= 15 is 0 Å². The van der Waals surface area contributed by atoms with Gasteiger partial charge in [-0.3, -0.25) is 4.79 Å². The first-order chi connectivity index (χ1) is 12.6. The predicted octanol–water partition coefficient (Wildman–Crippen LogP) is 2.53. The molecule has 142 valence electrons. The number of carbonyl (C=O) groups excluding carboxylic acids is 1. The van der Waals surface area contributed by atoms with Crippen molar-refractivity contribution in [1.82, 2.24) is 15.2 Å². The molecular weight excluding hydrogens is 324 g/mol. The molecule has 1 aromatic rings. The van der Waals surface area contributed by atoms with Crippen molar-refractivity contribution < 1.29 is 4.79 Å². The SMILES string of the molecule is CC(C)N1CCC[C@@]2(C(=O)NCC3CC3)CN(c3ccccn3)C[C@@H]2C1. The maximum absolute atomic E-state index is 13.4. The van der Waals surface area contributed by atoms with Crippen molar-refractivity contribution in [2.75, 3.05) is 37.6 Å². The average molecular weight is 357 g/mol. The third kappa shape index (κ3) is 3.46. The van der Waals surface area contributed by atoms with Crippen molar-refractivity contribution in [3.63, 3.8) is 0 Å². The lowest BCUT2D eigenvalue weighted by molar-refractivity contribution is -0.132. The molecule has 1 saturated carbocycles. The minimum Gasteiger partial charge on any atom is -0.355 e. The zero-order chi connectivity index (χ0) is 18.1. The lowest BCUT2D eigenvalue weighted by atomic mass is 9.74. The van der Waals surface area contributed by atoms with Crippen LogP contribution in [-0.2, 0) is 4.79 Å². The minimum atomic E-state index is -0.268. The Balaban J connectivity index is 1.58.